The molecule has 17 heavy (non-hydrogen) atoms. The lowest BCUT2D eigenvalue weighted by Gasteiger charge is -2.26. The van der Waals surface area contributed by atoms with Crippen LogP contribution in [0.2, 0.25) is 0 Å². The van der Waals surface area contributed by atoms with Crippen molar-refractivity contribution >= 4 is 15.9 Å². The molecule has 7 heteroatoms. The monoisotopic (exact) mass is 296 g/mol. The van der Waals surface area contributed by atoms with E-state index in [1.807, 2.05) is 21.8 Å². The second-order valence-corrected chi connectivity index (χ2v) is 5.23. The number of rotatable bonds is 4. The zero-order valence-electron chi connectivity index (χ0n) is 9.25. The Bertz CT molecular complexity index is 500. The zero-order valence-corrected chi connectivity index (χ0v) is 10.8. The van der Waals surface area contributed by atoms with Gasteiger partial charge in [-0.25, -0.2) is 0 Å². The van der Waals surface area contributed by atoms with Crippen molar-refractivity contribution in [2.75, 3.05) is 13.1 Å². The lowest BCUT2D eigenvalue weighted by Crippen LogP contribution is -2.44. The largest absolute Gasteiger partial charge is 0.316 e. The van der Waals surface area contributed by atoms with Crippen LogP contribution in [0.3, 0.4) is 0 Å². The number of halogens is 1. The average molecular weight is 297 g/mol. The molecule has 2 aromatic heterocycles. The molecule has 0 aromatic carbocycles. The van der Waals surface area contributed by atoms with Crippen LogP contribution < -0.4 is 5.32 Å². The Morgan fingerprint density at radius 3 is 2.88 bits per heavy atom. The predicted molar refractivity (Wildman–Crippen MR) is 65.4 cm³/mol. The Kier molecular flexibility index (Phi) is 2.94. The number of aromatic nitrogens is 5. The molecule has 90 valence electrons. The van der Waals surface area contributed by atoms with Gasteiger partial charge in [0.25, 0.3) is 0 Å². The molecule has 1 saturated heterocycles. The summed E-state index contributed by atoms with van der Waals surface area (Å²) in [7, 11) is 0. The topological polar surface area (TPSA) is 60.6 Å². The number of nitrogens with zero attached hydrogens (tertiary/aromatic N) is 5. The van der Waals surface area contributed by atoms with Crippen LogP contribution in [-0.2, 0) is 13.1 Å². The maximum Gasteiger partial charge on any atom is 0.104 e. The molecule has 0 bridgehead atoms. The molecule has 3 rings (SSSR count). The normalized spacial score (nSPS) is 16.1. The molecule has 0 spiro atoms. The summed E-state index contributed by atoms with van der Waals surface area (Å²) in [4.78, 5) is 0. The lowest BCUT2D eigenvalue weighted by molar-refractivity contribution is 0.293. The van der Waals surface area contributed by atoms with Crippen LogP contribution in [0.5, 0.6) is 0 Å². The summed E-state index contributed by atoms with van der Waals surface area (Å²) in [6, 6.07) is 0. The van der Waals surface area contributed by atoms with Gasteiger partial charge in [0.1, 0.15) is 5.69 Å². The third-order valence-corrected chi connectivity index (χ3v) is 3.23. The van der Waals surface area contributed by atoms with Crippen LogP contribution in [-0.4, -0.2) is 37.9 Å². The van der Waals surface area contributed by atoms with E-state index in [2.05, 4.69) is 36.7 Å². The van der Waals surface area contributed by atoms with E-state index < -0.39 is 0 Å². The van der Waals surface area contributed by atoms with Gasteiger partial charge >= 0.3 is 0 Å². The van der Waals surface area contributed by atoms with Gasteiger partial charge in [-0.05, 0) is 15.9 Å². The Morgan fingerprint density at radius 1 is 1.35 bits per heavy atom. The maximum atomic E-state index is 4.19. The van der Waals surface area contributed by atoms with E-state index in [0.29, 0.717) is 12.5 Å². The van der Waals surface area contributed by atoms with Crippen molar-refractivity contribution < 1.29 is 0 Å². The molecule has 0 radical (unpaired) electrons. The van der Waals surface area contributed by atoms with Gasteiger partial charge in [0.15, 0.2) is 0 Å². The van der Waals surface area contributed by atoms with Crippen molar-refractivity contribution in [3.05, 3.63) is 28.8 Å². The number of hydrogen-bond donors (Lipinski definition) is 1. The standard InChI is InChI=1S/C10H13BrN6/c11-9-3-13-16(5-9)6-10-7-17(15-14-10)4-8-1-12-2-8/h3,5,7-8,12H,1-2,4,6H2. The highest BCUT2D eigenvalue weighted by atomic mass is 79.9. The van der Waals surface area contributed by atoms with Crippen molar-refractivity contribution in [2.45, 2.75) is 13.1 Å². The van der Waals surface area contributed by atoms with Crippen LogP contribution in [0.25, 0.3) is 0 Å². The Balaban J connectivity index is 1.63. The Labute approximate surface area is 107 Å². The first-order chi connectivity index (χ1) is 8.29. The molecule has 2 aromatic rings. The molecule has 0 amide bonds. The molecule has 0 saturated carbocycles. The SMILES string of the molecule is Brc1cnn(Cc2cn(CC3CNC3)nn2)c1. The van der Waals surface area contributed by atoms with Gasteiger partial charge in [-0.1, -0.05) is 5.21 Å². The minimum absolute atomic E-state index is 0.661. The van der Waals surface area contributed by atoms with Gasteiger partial charge in [-0.2, -0.15) is 5.10 Å². The highest BCUT2D eigenvalue weighted by Crippen LogP contribution is 2.09. The van der Waals surface area contributed by atoms with Gasteiger partial charge < -0.3 is 5.32 Å². The van der Waals surface area contributed by atoms with Crippen molar-refractivity contribution in [3.63, 3.8) is 0 Å². The van der Waals surface area contributed by atoms with Crippen molar-refractivity contribution in [3.8, 4) is 0 Å². The molecule has 0 unspecified atom stereocenters. The summed E-state index contributed by atoms with van der Waals surface area (Å²) in [5.41, 5.74) is 0.938. The fourth-order valence-electron chi connectivity index (χ4n) is 1.83. The van der Waals surface area contributed by atoms with E-state index >= 15 is 0 Å². The van der Waals surface area contributed by atoms with Crippen molar-refractivity contribution in [1.29, 1.82) is 0 Å². The molecule has 0 atom stereocenters. The highest BCUT2D eigenvalue weighted by molar-refractivity contribution is 9.10. The fraction of sp³-hybridized carbons (Fsp3) is 0.500. The first kappa shape index (κ1) is 10.9. The minimum Gasteiger partial charge on any atom is -0.316 e. The molecule has 1 aliphatic rings. The minimum atomic E-state index is 0.661. The number of hydrogen-bond acceptors (Lipinski definition) is 4. The second-order valence-electron chi connectivity index (χ2n) is 4.31. The summed E-state index contributed by atoms with van der Waals surface area (Å²) in [6.07, 6.45) is 5.69. The van der Waals surface area contributed by atoms with Crippen molar-refractivity contribution in [1.82, 2.24) is 30.1 Å². The van der Waals surface area contributed by atoms with Crippen LogP contribution in [0.4, 0.5) is 0 Å². The van der Waals surface area contributed by atoms with Crippen LogP contribution in [0.1, 0.15) is 5.69 Å². The third-order valence-electron chi connectivity index (χ3n) is 2.82. The van der Waals surface area contributed by atoms with Gasteiger partial charge in [-0.3, -0.25) is 9.36 Å². The number of nitrogens with one attached hydrogen (secondary N) is 1. The van der Waals surface area contributed by atoms with E-state index in [9.17, 15) is 0 Å². The van der Waals surface area contributed by atoms with Crippen LogP contribution >= 0.6 is 15.9 Å². The molecule has 3 heterocycles. The summed E-state index contributed by atoms with van der Waals surface area (Å²) in [5, 5.41) is 15.7. The van der Waals surface area contributed by atoms with Gasteiger partial charge in [0, 0.05) is 31.7 Å². The lowest BCUT2D eigenvalue weighted by atomic mass is 10.0. The van der Waals surface area contributed by atoms with Crippen LogP contribution in [0, 0.1) is 5.92 Å². The Hall–Kier alpha value is -1.21. The summed E-state index contributed by atoms with van der Waals surface area (Å²) < 4.78 is 4.73. The average Bonchev–Trinajstić information content (AvgIpc) is 2.83. The molecule has 0 aliphatic carbocycles. The van der Waals surface area contributed by atoms with Crippen molar-refractivity contribution in [2.24, 2.45) is 5.92 Å². The summed E-state index contributed by atoms with van der Waals surface area (Å²) in [6.45, 7) is 3.78. The smallest absolute Gasteiger partial charge is 0.104 e. The molecular formula is C10H13BrN6. The maximum absolute atomic E-state index is 4.19. The quantitative estimate of drug-likeness (QED) is 0.893. The third kappa shape index (κ3) is 2.55. The van der Waals surface area contributed by atoms with E-state index in [0.717, 1.165) is 29.8 Å². The summed E-state index contributed by atoms with van der Waals surface area (Å²) >= 11 is 3.37. The molecule has 1 fully saturated rings. The zero-order chi connectivity index (χ0) is 11.7. The Morgan fingerprint density at radius 2 is 2.24 bits per heavy atom. The molecular weight excluding hydrogens is 284 g/mol. The van der Waals surface area contributed by atoms with Gasteiger partial charge in [-0.15, -0.1) is 5.10 Å². The molecule has 1 N–H and O–H groups in total. The molecule has 6 nitrogen and oxygen atoms in total. The van der Waals surface area contributed by atoms with E-state index in [-0.39, 0.29) is 0 Å². The summed E-state index contributed by atoms with van der Waals surface area (Å²) in [5.74, 6) is 0.698. The van der Waals surface area contributed by atoms with Gasteiger partial charge in [0.2, 0.25) is 0 Å². The van der Waals surface area contributed by atoms with Crippen LogP contribution in [0.15, 0.2) is 23.1 Å². The predicted octanol–water partition coefficient (Wildman–Crippen LogP) is 0.505. The van der Waals surface area contributed by atoms with E-state index in [1.54, 1.807) is 6.20 Å². The van der Waals surface area contributed by atoms with Gasteiger partial charge in [0.05, 0.1) is 23.4 Å². The first-order valence-electron chi connectivity index (χ1n) is 5.57. The highest BCUT2D eigenvalue weighted by Gasteiger charge is 2.17. The first-order valence-corrected chi connectivity index (χ1v) is 6.36. The molecule has 1 aliphatic heterocycles. The van der Waals surface area contributed by atoms with E-state index in [4.69, 9.17) is 0 Å². The van der Waals surface area contributed by atoms with E-state index in [1.165, 1.54) is 0 Å². The second kappa shape index (κ2) is 4.58. The fourth-order valence-corrected chi connectivity index (χ4v) is 2.16.